The minimum atomic E-state index is -1.02. The van der Waals surface area contributed by atoms with Gasteiger partial charge in [-0.1, -0.05) is 0 Å². The Morgan fingerprint density at radius 2 is 2.00 bits per heavy atom. The summed E-state index contributed by atoms with van der Waals surface area (Å²) in [5, 5.41) is 23.6. The number of aromatic nitrogens is 3. The summed E-state index contributed by atoms with van der Waals surface area (Å²) in [6, 6.07) is 5.70. The Balaban J connectivity index is 1.76. The average molecular weight is 360 g/mol. The third-order valence-corrected chi connectivity index (χ3v) is 4.61. The maximum atomic E-state index is 14.2. The van der Waals surface area contributed by atoms with Crippen LogP contribution in [0.1, 0.15) is 23.2 Å². The van der Waals surface area contributed by atoms with Gasteiger partial charge in [-0.15, -0.1) is 0 Å². The largest absolute Gasteiger partial charge is 0.393 e. The number of hydrogen-bond donors (Lipinski definition) is 2. The number of anilines is 1. The van der Waals surface area contributed by atoms with Crippen LogP contribution in [0.4, 0.5) is 14.5 Å². The van der Waals surface area contributed by atoms with Gasteiger partial charge in [0, 0.05) is 29.4 Å². The first-order valence-corrected chi connectivity index (χ1v) is 8.33. The lowest BCUT2D eigenvalue weighted by molar-refractivity contribution is 0.0916. The van der Waals surface area contributed by atoms with Crippen molar-refractivity contribution in [2.24, 2.45) is 0 Å². The zero-order valence-electron chi connectivity index (χ0n) is 14.2. The van der Waals surface area contributed by atoms with Crippen LogP contribution in [0.3, 0.4) is 0 Å². The summed E-state index contributed by atoms with van der Waals surface area (Å²) in [6.07, 6.45) is -1.02. The molecule has 1 aliphatic heterocycles. The Kier molecular flexibility index (Phi) is 4.08. The molecule has 0 saturated carbocycles. The fourth-order valence-electron chi connectivity index (χ4n) is 3.37. The Morgan fingerprint density at radius 3 is 2.77 bits per heavy atom. The summed E-state index contributed by atoms with van der Waals surface area (Å²) >= 11 is 0. The maximum Gasteiger partial charge on any atom is 0.152 e. The number of benzene rings is 1. The number of nitrogens with zero attached hydrogens (tertiary/aromatic N) is 4. The van der Waals surface area contributed by atoms with Gasteiger partial charge in [0.1, 0.15) is 17.4 Å². The first kappa shape index (κ1) is 16.9. The highest BCUT2D eigenvalue weighted by atomic mass is 19.1. The number of aryl methyl sites for hydroxylation is 1. The summed E-state index contributed by atoms with van der Waals surface area (Å²) < 4.78 is 29.7. The summed E-state index contributed by atoms with van der Waals surface area (Å²) in [5.74, 6) is -1.32. The Labute approximate surface area is 148 Å². The van der Waals surface area contributed by atoms with Gasteiger partial charge in [-0.05, 0) is 25.1 Å². The highest BCUT2D eigenvalue weighted by Crippen LogP contribution is 2.32. The lowest BCUT2D eigenvalue weighted by Gasteiger charge is -2.30. The van der Waals surface area contributed by atoms with Crippen molar-refractivity contribution in [3.8, 4) is 0 Å². The summed E-state index contributed by atoms with van der Waals surface area (Å²) in [7, 11) is 0. The van der Waals surface area contributed by atoms with Crippen molar-refractivity contribution in [3.05, 3.63) is 53.0 Å². The second-order valence-corrected chi connectivity index (χ2v) is 6.47. The van der Waals surface area contributed by atoms with Gasteiger partial charge in [-0.3, -0.25) is 4.68 Å². The molecule has 0 amide bonds. The number of pyridine rings is 1. The predicted octanol–water partition coefficient (Wildman–Crippen LogP) is 2.06. The molecule has 136 valence electrons. The molecule has 3 heterocycles. The molecular weight excluding hydrogens is 342 g/mol. The SMILES string of the molecule is Cc1cc(N2CCn3nc(C(O)CO)cc3C2)c2cc(F)cc(F)c2n1. The maximum absolute atomic E-state index is 14.2. The van der Waals surface area contributed by atoms with Crippen LogP contribution in [0.25, 0.3) is 10.9 Å². The zero-order chi connectivity index (χ0) is 18.4. The van der Waals surface area contributed by atoms with Crippen molar-refractivity contribution in [3.63, 3.8) is 0 Å². The molecule has 2 aromatic heterocycles. The van der Waals surface area contributed by atoms with Gasteiger partial charge in [-0.25, -0.2) is 13.8 Å². The number of hydrogen-bond acceptors (Lipinski definition) is 5. The van der Waals surface area contributed by atoms with Gasteiger partial charge in [-0.2, -0.15) is 5.10 Å². The van der Waals surface area contributed by atoms with Crippen LogP contribution < -0.4 is 4.90 Å². The lowest BCUT2D eigenvalue weighted by Crippen LogP contribution is -2.34. The van der Waals surface area contributed by atoms with Crippen LogP contribution in [-0.2, 0) is 13.1 Å². The van der Waals surface area contributed by atoms with Crippen LogP contribution in [0.2, 0.25) is 0 Å². The van der Waals surface area contributed by atoms with E-state index in [9.17, 15) is 13.9 Å². The molecule has 3 aromatic rings. The van der Waals surface area contributed by atoms with Crippen molar-refractivity contribution in [2.45, 2.75) is 26.1 Å². The molecular formula is C18H18F2N4O2. The predicted molar refractivity (Wildman–Crippen MR) is 91.7 cm³/mol. The fraction of sp³-hybridized carbons (Fsp3) is 0.333. The van der Waals surface area contributed by atoms with Crippen molar-refractivity contribution in [1.29, 1.82) is 0 Å². The Bertz CT molecular complexity index is 989. The third-order valence-electron chi connectivity index (χ3n) is 4.61. The molecule has 26 heavy (non-hydrogen) atoms. The fourth-order valence-corrected chi connectivity index (χ4v) is 3.37. The van der Waals surface area contributed by atoms with Crippen LogP contribution in [-0.4, -0.2) is 38.1 Å². The molecule has 6 nitrogen and oxygen atoms in total. The summed E-state index contributed by atoms with van der Waals surface area (Å²) in [5.41, 5.74) is 2.78. The second kappa shape index (κ2) is 6.30. The Hall–Kier alpha value is -2.58. The normalized spacial score (nSPS) is 15.3. The van der Waals surface area contributed by atoms with Crippen LogP contribution in [0.15, 0.2) is 24.3 Å². The Morgan fingerprint density at radius 1 is 1.19 bits per heavy atom. The van der Waals surface area contributed by atoms with E-state index in [-0.39, 0.29) is 5.52 Å². The van der Waals surface area contributed by atoms with E-state index in [0.717, 1.165) is 11.8 Å². The van der Waals surface area contributed by atoms with Gasteiger partial charge >= 0.3 is 0 Å². The topological polar surface area (TPSA) is 74.4 Å². The van der Waals surface area contributed by atoms with Crippen LogP contribution >= 0.6 is 0 Å². The van der Waals surface area contributed by atoms with E-state index < -0.39 is 24.3 Å². The summed E-state index contributed by atoms with van der Waals surface area (Å²) in [6.45, 7) is 3.01. The van der Waals surface area contributed by atoms with Crippen molar-refractivity contribution in [2.75, 3.05) is 18.1 Å². The van der Waals surface area contributed by atoms with Gasteiger partial charge in [0.05, 0.1) is 31.1 Å². The number of rotatable bonds is 3. The van der Waals surface area contributed by atoms with E-state index in [2.05, 4.69) is 10.1 Å². The standard InChI is InChI=1S/C18H18F2N4O2/c1-10-4-16(13-5-11(19)6-14(20)18(13)21-10)23-2-3-24-12(8-23)7-15(22-24)17(26)9-25/h4-7,17,25-26H,2-3,8-9H2,1H3. The first-order chi connectivity index (χ1) is 12.5. The minimum Gasteiger partial charge on any atom is -0.393 e. The van der Waals surface area contributed by atoms with E-state index in [1.807, 2.05) is 11.0 Å². The molecule has 0 radical (unpaired) electrons. The average Bonchev–Trinajstić information content (AvgIpc) is 3.04. The molecule has 1 aliphatic rings. The molecule has 1 unspecified atom stereocenters. The van der Waals surface area contributed by atoms with Gasteiger partial charge < -0.3 is 15.1 Å². The molecule has 0 saturated heterocycles. The van der Waals surface area contributed by atoms with E-state index in [1.54, 1.807) is 17.7 Å². The quantitative estimate of drug-likeness (QED) is 0.748. The van der Waals surface area contributed by atoms with E-state index >= 15 is 0 Å². The molecule has 0 spiro atoms. The number of aliphatic hydroxyl groups excluding tert-OH is 2. The highest BCUT2D eigenvalue weighted by Gasteiger charge is 2.23. The van der Waals surface area contributed by atoms with Crippen molar-refractivity contribution >= 4 is 16.6 Å². The molecule has 8 heteroatoms. The number of aliphatic hydroxyl groups is 2. The van der Waals surface area contributed by atoms with Crippen LogP contribution in [0.5, 0.6) is 0 Å². The van der Waals surface area contributed by atoms with E-state index in [0.29, 0.717) is 42.1 Å². The number of halogens is 2. The van der Waals surface area contributed by atoms with E-state index in [1.165, 1.54) is 6.07 Å². The molecule has 1 atom stereocenters. The molecule has 4 rings (SSSR count). The smallest absolute Gasteiger partial charge is 0.152 e. The molecule has 1 aromatic carbocycles. The first-order valence-electron chi connectivity index (χ1n) is 8.33. The summed E-state index contributed by atoms with van der Waals surface area (Å²) in [4.78, 5) is 6.22. The minimum absolute atomic E-state index is 0.150. The van der Waals surface area contributed by atoms with E-state index in [4.69, 9.17) is 5.11 Å². The van der Waals surface area contributed by atoms with Crippen molar-refractivity contribution in [1.82, 2.24) is 14.8 Å². The monoisotopic (exact) mass is 360 g/mol. The van der Waals surface area contributed by atoms with Gasteiger partial charge in [0.25, 0.3) is 0 Å². The van der Waals surface area contributed by atoms with Crippen molar-refractivity contribution < 1.29 is 19.0 Å². The molecule has 2 N–H and O–H groups in total. The molecule has 0 bridgehead atoms. The molecule has 0 aliphatic carbocycles. The van der Waals surface area contributed by atoms with Crippen LogP contribution in [0, 0.1) is 18.6 Å². The lowest BCUT2D eigenvalue weighted by atomic mass is 10.1. The van der Waals surface area contributed by atoms with Gasteiger partial charge in [0.2, 0.25) is 0 Å². The van der Waals surface area contributed by atoms with Gasteiger partial charge in [0.15, 0.2) is 5.82 Å². The highest BCUT2D eigenvalue weighted by molar-refractivity contribution is 5.92. The second-order valence-electron chi connectivity index (χ2n) is 6.47. The number of fused-ring (bicyclic) bond motifs is 2. The zero-order valence-corrected chi connectivity index (χ0v) is 14.2. The molecule has 0 fully saturated rings. The third kappa shape index (κ3) is 2.81.